The summed E-state index contributed by atoms with van der Waals surface area (Å²) in [5.41, 5.74) is 22.6. The van der Waals surface area contributed by atoms with Gasteiger partial charge in [0, 0.05) is 11.1 Å². The van der Waals surface area contributed by atoms with Gasteiger partial charge in [-0.05, 0) is 89.2 Å². The maximum Gasteiger partial charge on any atom is 0.131 e. The van der Waals surface area contributed by atoms with Crippen molar-refractivity contribution in [1.82, 2.24) is 0 Å². The average Bonchev–Trinajstić information content (AvgIpc) is 3.68. The van der Waals surface area contributed by atoms with Crippen molar-refractivity contribution >= 4 is 33.1 Å². The van der Waals surface area contributed by atoms with Crippen LogP contribution < -0.4 is 5.73 Å². The Morgan fingerprint density at radius 2 is 0.937 bits per heavy atom. The Hall–Kier alpha value is -8.07. The number of nitrogens with two attached hydrogens (primary N) is 1. The van der Waals surface area contributed by atoms with Crippen LogP contribution in [0.15, 0.2) is 248 Å². The molecular formula is C61H44N2. The molecule has 2 heteroatoms. The predicted molar refractivity (Wildman–Crippen MR) is 265 cm³/mol. The predicted octanol–water partition coefficient (Wildman–Crippen LogP) is 14.7. The molecule has 0 amide bonds. The van der Waals surface area contributed by atoms with E-state index in [1.54, 1.807) is 0 Å². The summed E-state index contributed by atoms with van der Waals surface area (Å²) in [6.07, 6.45) is 2.92. The molecule has 0 aromatic heterocycles. The lowest BCUT2D eigenvalue weighted by Gasteiger charge is -2.36. The molecule has 2 N–H and O–H groups in total. The van der Waals surface area contributed by atoms with Crippen molar-refractivity contribution in [1.29, 1.82) is 0 Å². The molecule has 0 heterocycles. The Labute approximate surface area is 369 Å². The number of hydrogen-bond acceptors (Lipinski definition) is 1. The average molecular weight is 805 g/mol. The van der Waals surface area contributed by atoms with E-state index in [0.29, 0.717) is 12.3 Å². The molecule has 0 unspecified atom stereocenters. The normalized spacial score (nSPS) is 13.2. The highest BCUT2D eigenvalue weighted by Gasteiger charge is 2.48. The van der Waals surface area contributed by atoms with E-state index in [2.05, 4.69) is 212 Å². The fourth-order valence-corrected chi connectivity index (χ4v) is 10.0. The third-order valence-electron chi connectivity index (χ3n) is 12.8. The first-order chi connectivity index (χ1) is 31.2. The van der Waals surface area contributed by atoms with Crippen molar-refractivity contribution in [2.75, 3.05) is 0 Å². The van der Waals surface area contributed by atoms with Gasteiger partial charge in [0.1, 0.15) is 5.84 Å². The van der Waals surface area contributed by atoms with Crippen LogP contribution in [0, 0.1) is 0 Å². The number of rotatable bonds is 9. The van der Waals surface area contributed by atoms with E-state index in [4.69, 9.17) is 10.7 Å². The third kappa shape index (κ3) is 6.56. The van der Waals surface area contributed by atoms with Gasteiger partial charge < -0.3 is 5.73 Å². The lowest BCUT2D eigenvalue weighted by Crippen LogP contribution is -2.29. The molecule has 0 saturated heterocycles. The molecule has 2 nitrogen and oxygen atoms in total. The minimum Gasteiger partial charge on any atom is -0.383 e. The minimum atomic E-state index is -0.597. The van der Waals surface area contributed by atoms with Gasteiger partial charge in [0.15, 0.2) is 0 Å². The number of amidine groups is 1. The van der Waals surface area contributed by atoms with Gasteiger partial charge in [0.25, 0.3) is 0 Å². The SMILES string of the molecule is NC(=N/C(=C\Cc1ccc(-c2ccccc2)cc1)c1ccc(-c2cccc3c2C(c2ccccc2)(c2ccccc2)c2c-3ccc3ccccc23)c2ccccc12)c1ccccc1. The summed E-state index contributed by atoms with van der Waals surface area (Å²) < 4.78 is 0. The quantitative estimate of drug-likeness (QED) is 0.115. The van der Waals surface area contributed by atoms with E-state index in [0.717, 1.165) is 27.6 Å². The lowest BCUT2D eigenvalue weighted by molar-refractivity contribution is 0.777. The molecular weight excluding hydrogens is 761 g/mol. The third-order valence-corrected chi connectivity index (χ3v) is 12.8. The second-order valence-electron chi connectivity index (χ2n) is 16.3. The monoisotopic (exact) mass is 804 g/mol. The second kappa shape index (κ2) is 16.1. The highest BCUT2D eigenvalue weighted by molar-refractivity contribution is 6.09. The van der Waals surface area contributed by atoms with Crippen molar-refractivity contribution in [3.8, 4) is 33.4 Å². The van der Waals surface area contributed by atoms with Crippen molar-refractivity contribution in [3.05, 3.63) is 282 Å². The summed E-state index contributed by atoms with van der Waals surface area (Å²) in [7, 11) is 0. The summed E-state index contributed by atoms with van der Waals surface area (Å²) in [5, 5.41) is 4.78. The first kappa shape index (κ1) is 37.9. The number of nitrogens with zero attached hydrogens (tertiary/aromatic N) is 1. The Kier molecular flexibility index (Phi) is 9.67. The zero-order valence-electron chi connectivity index (χ0n) is 34.8. The summed E-state index contributed by atoms with van der Waals surface area (Å²) in [4.78, 5) is 5.22. The fraction of sp³-hybridized carbons (Fsp3) is 0.0328. The Bertz CT molecular complexity index is 3290. The van der Waals surface area contributed by atoms with Crippen molar-refractivity contribution in [3.63, 3.8) is 0 Å². The standard InChI is InChI=1S/C61H44N2/c62-60(46-21-7-2-8-22-46)63-57(41-34-42-32-35-44(36-33-42)43-18-5-1-6-19-43)53-40-39-52(50-28-15-16-29-51(50)53)54-30-17-31-55-56-38-37-45-20-13-14-27-49(45)58(56)61(59(54)55,47-23-9-3-10-24-47)48-25-11-4-12-26-48/h1-33,35-41H,34H2,(H2,62,63)/b57-41-. The van der Waals surface area contributed by atoms with E-state index in [1.165, 1.54) is 72.0 Å². The van der Waals surface area contributed by atoms with E-state index in [-0.39, 0.29) is 0 Å². The van der Waals surface area contributed by atoms with Gasteiger partial charge in [-0.3, -0.25) is 0 Å². The highest BCUT2D eigenvalue weighted by Crippen LogP contribution is 2.60. The number of allylic oxidation sites excluding steroid dienone is 1. The molecule has 1 aliphatic carbocycles. The van der Waals surface area contributed by atoms with Crippen LogP contribution in [-0.2, 0) is 11.8 Å². The maximum atomic E-state index is 6.84. The molecule has 10 aromatic rings. The lowest BCUT2D eigenvalue weighted by atomic mass is 9.65. The van der Waals surface area contributed by atoms with Crippen molar-refractivity contribution < 1.29 is 0 Å². The van der Waals surface area contributed by atoms with Crippen LogP contribution in [0.3, 0.4) is 0 Å². The molecule has 0 atom stereocenters. The summed E-state index contributed by atoms with van der Waals surface area (Å²) in [6.45, 7) is 0. The fourth-order valence-electron chi connectivity index (χ4n) is 10.0. The summed E-state index contributed by atoms with van der Waals surface area (Å²) in [5.74, 6) is 0.482. The first-order valence-electron chi connectivity index (χ1n) is 21.7. The van der Waals surface area contributed by atoms with Gasteiger partial charge in [-0.15, -0.1) is 0 Å². The summed E-state index contributed by atoms with van der Waals surface area (Å²) >= 11 is 0. The van der Waals surface area contributed by atoms with Crippen molar-refractivity contribution in [2.24, 2.45) is 10.7 Å². The number of hydrogen-bond donors (Lipinski definition) is 1. The van der Waals surface area contributed by atoms with Gasteiger partial charge >= 0.3 is 0 Å². The smallest absolute Gasteiger partial charge is 0.131 e. The van der Waals surface area contributed by atoms with E-state index < -0.39 is 5.41 Å². The molecule has 298 valence electrons. The van der Waals surface area contributed by atoms with Crippen LogP contribution >= 0.6 is 0 Å². The van der Waals surface area contributed by atoms with Crippen LogP contribution in [0.2, 0.25) is 0 Å². The van der Waals surface area contributed by atoms with Gasteiger partial charge in [0.05, 0.1) is 11.1 Å². The summed E-state index contributed by atoms with van der Waals surface area (Å²) in [6, 6.07) is 85.4. The Morgan fingerprint density at radius 1 is 0.413 bits per heavy atom. The van der Waals surface area contributed by atoms with Gasteiger partial charge in [-0.25, -0.2) is 4.99 Å². The van der Waals surface area contributed by atoms with Crippen LogP contribution in [0.25, 0.3) is 60.6 Å². The van der Waals surface area contributed by atoms with Crippen LogP contribution in [0.4, 0.5) is 0 Å². The largest absolute Gasteiger partial charge is 0.383 e. The zero-order valence-corrected chi connectivity index (χ0v) is 34.8. The second-order valence-corrected chi connectivity index (χ2v) is 16.3. The Morgan fingerprint density at radius 3 is 1.62 bits per heavy atom. The van der Waals surface area contributed by atoms with Gasteiger partial charge in [-0.2, -0.15) is 0 Å². The molecule has 0 fully saturated rings. The van der Waals surface area contributed by atoms with E-state index >= 15 is 0 Å². The minimum absolute atomic E-state index is 0.482. The zero-order chi connectivity index (χ0) is 42.2. The van der Waals surface area contributed by atoms with Crippen LogP contribution in [0.5, 0.6) is 0 Å². The molecule has 0 saturated carbocycles. The molecule has 1 aliphatic rings. The molecule has 0 spiro atoms. The highest BCUT2D eigenvalue weighted by atomic mass is 14.9. The first-order valence-corrected chi connectivity index (χ1v) is 21.7. The molecule has 0 aliphatic heterocycles. The van der Waals surface area contributed by atoms with E-state index in [9.17, 15) is 0 Å². The molecule has 0 radical (unpaired) electrons. The number of aliphatic imine (C=N–C) groups is 1. The topological polar surface area (TPSA) is 38.4 Å². The Balaban J connectivity index is 1.12. The molecule has 0 bridgehead atoms. The van der Waals surface area contributed by atoms with E-state index in [1.807, 2.05) is 30.3 Å². The van der Waals surface area contributed by atoms with Gasteiger partial charge in [0.2, 0.25) is 0 Å². The molecule has 10 aromatic carbocycles. The van der Waals surface area contributed by atoms with Crippen LogP contribution in [0.1, 0.15) is 38.9 Å². The van der Waals surface area contributed by atoms with Crippen LogP contribution in [-0.4, -0.2) is 5.84 Å². The molecule has 11 rings (SSSR count). The molecule has 63 heavy (non-hydrogen) atoms. The number of benzene rings is 10. The van der Waals surface area contributed by atoms with Crippen molar-refractivity contribution in [2.45, 2.75) is 11.8 Å². The van der Waals surface area contributed by atoms with Gasteiger partial charge in [-0.1, -0.05) is 243 Å². The number of fused-ring (bicyclic) bond motifs is 6. The maximum absolute atomic E-state index is 6.84.